The van der Waals surface area contributed by atoms with Crippen molar-refractivity contribution < 1.29 is 4.79 Å². The van der Waals surface area contributed by atoms with E-state index in [1.165, 1.54) is 6.33 Å². The zero-order valence-corrected chi connectivity index (χ0v) is 12.8. The Labute approximate surface area is 131 Å². The average Bonchev–Trinajstić information content (AvgIpc) is 2.99. The van der Waals surface area contributed by atoms with Gasteiger partial charge in [-0.2, -0.15) is 10.2 Å². The van der Waals surface area contributed by atoms with E-state index in [1.54, 1.807) is 36.0 Å². The summed E-state index contributed by atoms with van der Waals surface area (Å²) < 4.78 is 1.62. The molecule has 0 radical (unpaired) electrons. The summed E-state index contributed by atoms with van der Waals surface area (Å²) in [5.74, 6) is 0.293. The van der Waals surface area contributed by atoms with Crippen molar-refractivity contribution in [2.24, 2.45) is 7.05 Å². The van der Waals surface area contributed by atoms with E-state index in [4.69, 9.17) is 0 Å². The van der Waals surface area contributed by atoms with Crippen LogP contribution in [0.5, 0.6) is 0 Å². The summed E-state index contributed by atoms with van der Waals surface area (Å²) in [6.45, 7) is 1.94. The second-order valence-corrected chi connectivity index (χ2v) is 5.12. The van der Waals surface area contributed by atoms with Gasteiger partial charge < -0.3 is 5.32 Å². The van der Waals surface area contributed by atoms with E-state index < -0.39 is 0 Å². The SMILES string of the molecule is CC[C@@H](NC(=O)c1n[nH]c(=O)c2ccccc12)c1ncnn1C. The molecule has 8 heteroatoms. The minimum absolute atomic E-state index is 0.181. The molecule has 8 nitrogen and oxygen atoms in total. The fraction of sp³-hybridized carbons (Fsp3) is 0.267. The third-order valence-corrected chi connectivity index (χ3v) is 3.68. The summed E-state index contributed by atoms with van der Waals surface area (Å²) in [5.41, 5.74) is -0.140. The molecule has 3 aromatic rings. The molecule has 2 aromatic heterocycles. The Hall–Kier alpha value is -3.03. The summed E-state index contributed by atoms with van der Waals surface area (Å²) in [4.78, 5) is 28.6. The molecule has 0 fully saturated rings. The Morgan fingerprint density at radius 3 is 2.74 bits per heavy atom. The maximum atomic E-state index is 12.6. The molecule has 2 N–H and O–H groups in total. The summed E-state index contributed by atoms with van der Waals surface area (Å²) in [6, 6.07) is 6.58. The van der Waals surface area contributed by atoms with Crippen molar-refractivity contribution in [2.45, 2.75) is 19.4 Å². The molecule has 1 amide bonds. The Morgan fingerprint density at radius 1 is 1.35 bits per heavy atom. The third-order valence-electron chi connectivity index (χ3n) is 3.68. The molecular formula is C15H16N6O2. The van der Waals surface area contributed by atoms with Crippen LogP contribution in [0.3, 0.4) is 0 Å². The molecule has 0 spiro atoms. The van der Waals surface area contributed by atoms with Crippen molar-refractivity contribution in [3.63, 3.8) is 0 Å². The lowest BCUT2D eigenvalue weighted by molar-refractivity contribution is 0.0928. The van der Waals surface area contributed by atoms with Crippen molar-refractivity contribution in [2.75, 3.05) is 0 Å². The van der Waals surface area contributed by atoms with E-state index in [9.17, 15) is 9.59 Å². The van der Waals surface area contributed by atoms with Crippen molar-refractivity contribution in [3.05, 3.63) is 52.5 Å². The van der Waals surface area contributed by atoms with Gasteiger partial charge >= 0.3 is 0 Å². The number of nitrogens with zero attached hydrogens (tertiary/aromatic N) is 4. The van der Waals surface area contributed by atoms with Crippen LogP contribution in [0, 0.1) is 0 Å². The van der Waals surface area contributed by atoms with E-state index in [1.807, 2.05) is 6.92 Å². The van der Waals surface area contributed by atoms with Gasteiger partial charge in [-0.1, -0.05) is 25.1 Å². The molecule has 0 unspecified atom stereocenters. The van der Waals surface area contributed by atoms with Crippen molar-refractivity contribution in [1.29, 1.82) is 0 Å². The van der Waals surface area contributed by atoms with Gasteiger partial charge in [-0.3, -0.25) is 14.3 Å². The molecule has 118 valence electrons. The number of rotatable bonds is 4. The molecule has 3 rings (SSSR count). The largest absolute Gasteiger partial charge is 0.341 e. The van der Waals surface area contributed by atoms with Crippen LogP contribution in [0.1, 0.15) is 35.7 Å². The zero-order valence-electron chi connectivity index (χ0n) is 12.8. The first-order valence-corrected chi connectivity index (χ1v) is 7.24. The van der Waals surface area contributed by atoms with Gasteiger partial charge in [0.1, 0.15) is 12.2 Å². The Morgan fingerprint density at radius 2 is 2.09 bits per heavy atom. The Kier molecular flexibility index (Phi) is 3.88. The van der Waals surface area contributed by atoms with E-state index in [0.717, 1.165) is 0 Å². The first-order chi connectivity index (χ1) is 11.1. The third kappa shape index (κ3) is 2.70. The number of benzene rings is 1. The van der Waals surface area contributed by atoms with E-state index in [0.29, 0.717) is 23.0 Å². The van der Waals surface area contributed by atoms with Crippen molar-refractivity contribution in [1.82, 2.24) is 30.3 Å². The molecule has 0 aliphatic rings. The van der Waals surface area contributed by atoms with Gasteiger partial charge in [0, 0.05) is 12.4 Å². The van der Waals surface area contributed by atoms with Crippen LogP contribution in [0.25, 0.3) is 10.8 Å². The van der Waals surface area contributed by atoms with Gasteiger partial charge in [-0.05, 0) is 12.5 Å². The maximum absolute atomic E-state index is 12.6. The molecule has 23 heavy (non-hydrogen) atoms. The van der Waals surface area contributed by atoms with Crippen molar-refractivity contribution in [3.8, 4) is 0 Å². The van der Waals surface area contributed by atoms with E-state index in [-0.39, 0.29) is 23.2 Å². The smallest absolute Gasteiger partial charge is 0.272 e. The van der Waals surface area contributed by atoms with Crippen LogP contribution in [-0.4, -0.2) is 30.9 Å². The molecule has 2 heterocycles. The highest BCUT2D eigenvalue weighted by Gasteiger charge is 2.21. The van der Waals surface area contributed by atoms with Crippen LogP contribution in [0.4, 0.5) is 0 Å². The maximum Gasteiger partial charge on any atom is 0.272 e. The first-order valence-electron chi connectivity index (χ1n) is 7.24. The number of hydrogen-bond acceptors (Lipinski definition) is 5. The lowest BCUT2D eigenvalue weighted by atomic mass is 10.1. The quantitative estimate of drug-likeness (QED) is 0.745. The summed E-state index contributed by atoms with van der Waals surface area (Å²) in [5, 5.41) is 14.1. The van der Waals surface area contributed by atoms with Crippen molar-refractivity contribution >= 4 is 16.7 Å². The minimum Gasteiger partial charge on any atom is -0.341 e. The molecule has 0 aliphatic heterocycles. The molecule has 0 saturated heterocycles. The molecular weight excluding hydrogens is 296 g/mol. The lowest BCUT2D eigenvalue weighted by Crippen LogP contribution is -2.31. The second-order valence-electron chi connectivity index (χ2n) is 5.12. The Bertz CT molecular complexity index is 913. The highest BCUT2D eigenvalue weighted by molar-refractivity contribution is 6.04. The first kappa shape index (κ1) is 14.9. The number of hydrogen-bond donors (Lipinski definition) is 2. The number of nitrogens with one attached hydrogen (secondary N) is 2. The highest BCUT2D eigenvalue weighted by Crippen LogP contribution is 2.16. The van der Waals surface area contributed by atoms with E-state index in [2.05, 4.69) is 25.6 Å². The van der Waals surface area contributed by atoms with Gasteiger partial charge in [0.2, 0.25) is 0 Å². The summed E-state index contributed by atoms with van der Waals surface area (Å²) >= 11 is 0. The molecule has 1 atom stereocenters. The molecule has 0 bridgehead atoms. The second kappa shape index (κ2) is 5.99. The molecule has 0 saturated carbocycles. The van der Waals surface area contributed by atoms with Gasteiger partial charge in [0.05, 0.1) is 11.4 Å². The van der Waals surface area contributed by atoms with Crippen LogP contribution in [0.15, 0.2) is 35.4 Å². The number of aromatic nitrogens is 5. The predicted molar refractivity (Wildman–Crippen MR) is 83.9 cm³/mol. The van der Waals surface area contributed by atoms with Gasteiger partial charge in [0.25, 0.3) is 11.5 Å². The van der Waals surface area contributed by atoms with Crippen LogP contribution >= 0.6 is 0 Å². The number of carbonyl (C=O) groups excluding carboxylic acids is 1. The number of carbonyl (C=O) groups is 1. The number of H-pyrrole nitrogens is 1. The normalized spacial score (nSPS) is 12.3. The fourth-order valence-corrected chi connectivity index (χ4v) is 2.48. The summed E-state index contributed by atoms with van der Waals surface area (Å²) in [7, 11) is 1.77. The molecule has 0 aliphatic carbocycles. The van der Waals surface area contributed by atoms with E-state index >= 15 is 0 Å². The standard InChI is InChI=1S/C15H16N6O2/c1-3-11(13-16-8-17-21(13)2)18-15(23)12-9-6-4-5-7-10(9)14(22)20-19-12/h4-8,11H,3H2,1-2H3,(H,18,23)(H,20,22)/t11-/m1/s1. The number of aryl methyl sites for hydroxylation is 1. The zero-order chi connectivity index (χ0) is 16.4. The predicted octanol–water partition coefficient (Wildman–Crippen LogP) is 0.933. The van der Waals surface area contributed by atoms with Crippen LogP contribution in [-0.2, 0) is 7.05 Å². The monoisotopic (exact) mass is 312 g/mol. The van der Waals surface area contributed by atoms with Gasteiger partial charge in [-0.25, -0.2) is 10.1 Å². The van der Waals surface area contributed by atoms with Gasteiger partial charge in [-0.15, -0.1) is 0 Å². The van der Waals surface area contributed by atoms with Gasteiger partial charge in [0.15, 0.2) is 5.69 Å². The van der Waals surface area contributed by atoms with Crippen LogP contribution in [0.2, 0.25) is 0 Å². The number of amides is 1. The average molecular weight is 312 g/mol. The highest BCUT2D eigenvalue weighted by atomic mass is 16.2. The van der Waals surface area contributed by atoms with Crippen LogP contribution < -0.4 is 10.9 Å². The summed E-state index contributed by atoms with van der Waals surface area (Å²) in [6.07, 6.45) is 2.09. The number of aromatic amines is 1. The lowest BCUT2D eigenvalue weighted by Gasteiger charge is -2.16. The fourth-order valence-electron chi connectivity index (χ4n) is 2.48. The topological polar surface area (TPSA) is 106 Å². The minimum atomic E-state index is -0.368. The Balaban J connectivity index is 1.96. The molecule has 1 aromatic carbocycles. The number of fused-ring (bicyclic) bond motifs is 1.